The average molecular weight is 189 g/mol. The molecule has 0 fully saturated rings. The van der Waals surface area contributed by atoms with E-state index in [0.29, 0.717) is 0 Å². The number of aliphatic imine (C=N–C) groups is 1. The maximum absolute atomic E-state index is 4.42. The van der Waals surface area contributed by atoms with Gasteiger partial charge in [0.1, 0.15) is 0 Å². The van der Waals surface area contributed by atoms with Crippen LogP contribution in [0.15, 0.2) is 53.2 Å². The second-order valence-corrected chi connectivity index (χ2v) is 3.12. The molecule has 0 bridgehead atoms. The number of hydrogen-bond donors (Lipinski definition) is 0. The quantitative estimate of drug-likeness (QED) is 0.467. The molecule has 0 radical (unpaired) electrons. The van der Waals surface area contributed by atoms with Gasteiger partial charge in [0.2, 0.25) is 0 Å². The Morgan fingerprint density at radius 3 is 2.29 bits per heavy atom. The first-order valence-corrected chi connectivity index (χ1v) is 4.76. The lowest BCUT2D eigenvalue weighted by atomic mass is 10.2. The molecule has 0 aromatic heterocycles. The minimum absolute atomic E-state index is 0.978. The molecule has 0 spiro atoms. The Kier molecular flexibility index (Phi) is 6.38. The largest absolute Gasteiger partial charge is 0.258 e. The van der Waals surface area contributed by atoms with Gasteiger partial charge < -0.3 is 0 Å². The fraction of sp³-hybridized carbons (Fsp3) is 0.308. The molecule has 0 atom stereocenters. The van der Waals surface area contributed by atoms with Crippen molar-refractivity contribution in [3.05, 3.63) is 48.2 Å². The highest BCUT2D eigenvalue weighted by atomic mass is 14.7. The Bertz CT molecular complexity index is 301. The van der Waals surface area contributed by atoms with Gasteiger partial charge in [-0.05, 0) is 39.3 Å². The molecule has 0 aromatic rings. The fourth-order valence-electron chi connectivity index (χ4n) is 0.922. The van der Waals surface area contributed by atoms with Crippen LogP contribution in [0.5, 0.6) is 0 Å². The summed E-state index contributed by atoms with van der Waals surface area (Å²) in [6.45, 7) is 11.7. The van der Waals surface area contributed by atoms with E-state index < -0.39 is 0 Å². The summed E-state index contributed by atoms with van der Waals surface area (Å²) in [5, 5.41) is 0. The average Bonchev–Trinajstić information content (AvgIpc) is 2.14. The van der Waals surface area contributed by atoms with Crippen molar-refractivity contribution in [1.29, 1.82) is 0 Å². The van der Waals surface area contributed by atoms with Crippen LogP contribution in [0.2, 0.25) is 0 Å². The fourth-order valence-corrected chi connectivity index (χ4v) is 0.922. The number of rotatable bonds is 4. The van der Waals surface area contributed by atoms with Crippen molar-refractivity contribution in [3.63, 3.8) is 0 Å². The number of allylic oxidation sites excluding steroid dienone is 7. The van der Waals surface area contributed by atoms with E-state index in [4.69, 9.17) is 0 Å². The molecule has 14 heavy (non-hydrogen) atoms. The zero-order valence-corrected chi connectivity index (χ0v) is 9.54. The lowest BCUT2D eigenvalue weighted by molar-refractivity contribution is 1.29. The Morgan fingerprint density at radius 1 is 1.14 bits per heavy atom. The van der Waals surface area contributed by atoms with Gasteiger partial charge in [0.25, 0.3) is 0 Å². The summed E-state index contributed by atoms with van der Waals surface area (Å²) >= 11 is 0. The van der Waals surface area contributed by atoms with Gasteiger partial charge in [-0.25, -0.2) is 0 Å². The van der Waals surface area contributed by atoms with Crippen molar-refractivity contribution >= 4 is 5.71 Å². The van der Waals surface area contributed by atoms with Gasteiger partial charge in [-0.1, -0.05) is 30.9 Å². The molecular formula is C13H19N. The minimum Gasteiger partial charge on any atom is -0.258 e. The van der Waals surface area contributed by atoms with Crippen LogP contribution in [0.1, 0.15) is 27.7 Å². The maximum Gasteiger partial charge on any atom is 0.0404 e. The zero-order valence-electron chi connectivity index (χ0n) is 9.54. The summed E-state index contributed by atoms with van der Waals surface area (Å²) in [7, 11) is 0. The predicted molar refractivity (Wildman–Crippen MR) is 65.6 cm³/mol. The van der Waals surface area contributed by atoms with Crippen molar-refractivity contribution in [2.24, 2.45) is 4.99 Å². The summed E-state index contributed by atoms with van der Waals surface area (Å²) in [4.78, 5) is 4.42. The summed E-state index contributed by atoms with van der Waals surface area (Å²) in [6.07, 6.45) is 9.72. The molecule has 0 aliphatic rings. The molecule has 0 amide bonds. The lowest BCUT2D eigenvalue weighted by Crippen LogP contribution is -1.93. The monoisotopic (exact) mass is 189 g/mol. The minimum atomic E-state index is 0.978. The predicted octanol–water partition coefficient (Wildman–Crippen LogP) is 4.06. The van der Waals surface area contributed by atoms with Crippen LogP contribution < -0.4 is 0 Å². The van der Waals surface area contributed by atoms with Gasteiger partial charge in [-0.3, -0.25) is 4.99 Å². The summed E-state index contributed by atoms with van der Waals surface area (Å²) < 4.78 is 0. The smallest absolute Gasteiger partial charge is 0.0404 e. The maximum atomic E-state index is 4.42. The molecule has 0 aromatic carbocycles. The lowest BCUT2D eigenvalue weighted by Gasteiger charge is -1.99. The molecule has 76 valence electrons. The van der Waals surface area contributed by atoms with E-state index in [1.807, 2.05) is 39.0 Å². The van der Waals surface area contributed by atoms with E-state index in [1.165, 1.54) is 5.57 Å². The molecule has 1 nitrogen and oxygen atoms in total. The van der Waals surface area contributed by atoms with Gasteiger partial charge >= 0.3 is 0 Å². The van der Waals surface area contributed by atoms with E-state index in [2.05, 4.69) is 24.6 Å². The molecular weight excluding hydrogens is 170 g/mol. The highest BCUT2D eigenvalue weighted by molar-refractivity contribution is 5.98. The van der Waals surface area contributed by atoms with Crippen LogP contribution in [0, 0.1) is 0 Å². The van der Waals surface area contributed by atoms with Gasteiger partial charge in [0, 0.05) is 11.4 Å². The normalized spacial score (nSPS) is 15.0. The summed E-state index contributed by atoms with van der Waals surface area (Å²) in [6, 6.07) is 0. The van der Waals surface area contributed by atoms with E-state index in [-0.39, 0.29) is 0 Å². The first-order valence-electron chi connectivity index (χ1n) is 4.76. The Balaban J connectivity index is 4.68. The second-order valence-electron chi connectivity index (χ2n) is 3.12. The molecule has 0 N–H and O–H groups in total. The Labute approximate surface area is 87.3 Å². The summed E-state index contributed by atoms with van der Waals surface area (Å²) in [5.74, 6) is 0. The van der Waals surface area contributed by atoms with Crippen molar-refractivity contribution in [2.75, 3.05) is 0 Å². The van der Waals surface area contributed by atoms with Crippen LogP contribution in [0.25, 0.3) is 0 Å². The first kappa shape index (κ1) is 12.6. The third kappa shape index (κ3) is 5.31. The number of hydrogen-bond acceptors (Lipinski definition) is 1. The molecule has 0 heterocycles. The Morgan fingerprint density at radius 2 is 1.79 bits per heavy atom. The van der Waals surface area contributed by atoms with Crippen LogP contribution in [-0.4, -0.2) is 5.71 Å². The van der Waals surface area contributed by atoms with E-state index in [1.54, 1.807) is 6.08 Å². The molecule has 0 saturated heterocycles. The molecule has 0 aliphatic heterocycles. The zero-order chi connectivity index (χ0) is 11.0. The van der Waals surface area contributed by atoms with E-state index >= 15 is 0 Å². The summed E-state index contributed by atoms with van der Waals surface area (Å²) in [5.41, 5.74) is 3.20. The van der Waals surface area contributed by atoms with Crippen LogP contribution in [0.4, 0.5) is 0 Å². The highest BCUT2D eigenvalue weighted by Gasteiger charge is 1.92. The highest BCUT2D eigenvalue weighted by Crippen LogP contribution is 2.03. The molecule has 0 unspecified atom stereocenters. The molecule has 0 aliphatic carbocycles. The van der Waals surface area contributed by atoms with Gasteiger partial charge in [-0.2, -0.15) is 0 Å². The molecule has 0 saturated carbocycles. The third-order valence-electron chi connectivity index (χ3n) is 1.81. The van der Waals surface area contributed by atoms with Crippen molar-refractivity contribution < 1.29 is 0 Å². The van der Waals surface area contributed by atoms with Crippen molar-refractivity contribution in [3.8, 4) is 0 Å². The third-order valence-corrected chi connectivity index (χ3v) is 1.81. The van der Waals surface area contributed by atoms with Crippen molar-refractivity contribution in [2.45, 2.75) is 27.7 Å². The van der Waals surface area contributed by atoms with Gasteiger partial charge in [-0.15, -0.1) is 0 Å². The van der Waals surface area contributed by atoms with Crippen LogP contribution in [0.3, 0.4) is 0 Å². The SMILES string of the molecule is C=C/C=C(C)/N=C(C)/C(C)=C/C=C\C. The first-order chi connectivity index (χ1) is 6.61. The second kappa shape index (κ2) is 7.07. The van der Waals surface area contributed by atoms with E-state index in [0.717, 1.165) is 11.4 Å². The molecule has 0 rings (SSSR count). The Hall–Kier alpha value is -1.37. The number of nitrogens with zero attached hydrogens (tertiary/aromatic N) is 1. The van der Waals surface area contributed by atoms with Crippen molar-refractivity contribution in [1.82, 2.24) is 0 Å². The topological polar surface area (TPSA) is 12.4 Å². The van der Waals surface area contributed by atoms with E-state index in [9.17, 15) is 0 Å². The van der Waals surface area contributed by atoms with Gasteiger partial charge in [0.15, 0.2) is 0 Å². The molecule has 1 heteroatoms. The van der Waals surface area contributed by atoms with Crippen LogP contribution >= 0.6 is 0 Å². The van der Waals surface area contributed by atoms with Gasteiger partial charge in [0.05, 0.1) is 0 Å². The van der Waals surface area contributed by atoms with Crippen LogP contribution in [-0.2, 0) is 0 Å². The standard InChI is InChI=1S/C13H19N/c1-6-8-10-11(3)13(5)14-12(4)9-7-2/h6-10H,2H2,1,3-5H3/b8-6-,11-10+,12-9+,14-13+.